The average molecular weight is 412 g/mol. The van der Waals surface area contributed by atoms with Gasteiger partial charge in [0, 0.05) is 5.56 Å². The molecule has 1 aromatic heterocycles. The zero-order valence-electron chi connectivity index (χ0n) is 15.7. The van der Waals surface area contributed by atoms with Crippen LogP contribution in [0.4, 0.5) is 5.13 Å². The molecule has 0 spiro atoms. The molecule has 4 rings (SSSR count). The Hall–Kier alpha value is -3.00. The normalized spacial score (nSPS) is 24.4. The van der Waals surface area contributed by atoms with Gasteiger partial charge in [0.2, 0.25) is 5.91 Å². The van der Waals surface area contributed by atoms with Gasteiger partial charge in [0.25, 0.3) is 0 Å². The smallest absolute Gasteiger partial charge is 0.350 e. The van der Waals surface area contributed by atoms with Crippen LogP contribution in [-0.2, 0) is 14.3 Å². The van der Waals surface area contributed by atoms with Crippen molar-refractivity contribution in [2.24, 2.45) is 23.7 Å². The van der Waals surface area contributed by atoms with E-state index in [1.165, 1.54) is 0 Å². The molecule has 0 saturated heterocycles. The van der Waals surface area contributed by atoms with Gasteiger partial charge in [-0.3, -0.25) is 9.59 Å². The molecule has 2 N–H and O–H groups in total. The molecular formula is C21H20N2O5S. The lowest BCUT2D eigenvalue weighted by atomic mass is 9.82. The first kappa shape index (κ1) is 19.3. The molecule has 4 atom stereocenters. The molecule has 0 radical (unpaired) electrons. The highest BCUT2D eigenvalue weighted by Gasteiger charge is 2.51. The molecule has 1 aromatic carbocycles. The van der Waals surface area contributed by atoms with Gasteiger partial charge >= 0.3 is 11.9 Å². The third-order valence-electron chi connectivity index (χ3n) is 5.41. The molecule has 1 fully saturated rings. The van der Waals surface area contributed by atoms with Gasteiger partial charge < -0.3 is 15.2 Å². The Bertz CT molecular complexity index is 984. The number of fused-ring (bicyclic) bond motifs is 2. The van der Waals surface area contributed by atoms with Gasteiger partial charge in [-0.2, -0.15) is 0 Å². The van der Waals surface area contributed by atoms with Crippen molar-refractivity contribution in [2.75, 3.05) is 11.9 Å². The van der Waals surface area contributed by atoms with Crippen LogP contribution in [0.15, 0.2) is 42.5 Å². The van der Waals surface area contributed by atoms with Crippen LogP contribution in [0.2, 0.25) is 0 Å². The standard InChI is InChI=1S/C21H20N2O5S/c1-2-28-20(27)17-16(11-6-4-3-5-7-11)22-21(29-17)23-18(24)14-12-8-9-13(10-12)15(14)19(25)26/h3-9,12-15H,2,10H2,1H3,(H,25,26)(H,22,23,24)/t12-,13+,14+,15+/m1/s1. The van der Waals surface area contributed by atoms with Gasteiger partial charge in [0.1, 0.15) is 4.88 Å². The molecule has 8 heteroatoms. The van der Waals surface area contributed by atoms with Crippen molar-refractivity contribution in [1.29, 1.82) is 0 Å². The van der Waals surface area contributed by atoms with Crippen molar-refractivity contribution in [1.82, 2.24) is 4.98 Å². The van der Waals surface area contributed by atoms with E-state index < -0.39 is 23.8 Å². The lowest BCUT2D eigenvalue weighted by Gasteiger charge is -2.23. The topological polar surface area (TPSA) is 106 Å². The number of rotatable bonds is 6. The first-order chi connectivity index (χ1) is 14.0. The van der Waals surface area contributed by atoms with Crippen molar-refractivity contribution in [3.8, 4) is 11.3 Å². The maximum absolute atomic E-state index is 12.9. The van der Waals surface area contributed by atoms with E-state index in [0.29, 0.717) is 17.0 Å². The van der Waals surface area contributed by atoms with E-state index in [1.54, 1.807) is 6.92 Å². The van der Waals surface area contributed by atoms with Crippen LogP contribution in [-0.4, -0.2) is 34.5 Å². The quantitative estimate of drug-likeness (QED) is 0.556. The molecular weight excluding hydrogens is 392 g/mol. The van der Waals surface area contributed by atoms with E-state index in [4.69, 9.17) is 4.74 Å². The summed E-state index contributed by atoms with van der Waals surface area (Å²) in [5.74, 6) is -3.41. The van der Waals surface area contributed by atoms with E-state index in [9.17, 15) is 19.5 Å². The number of aliphatic carboxylic acids is 1. The summed E-state index contributed by atoms with van der Waals surface area (Å²) in [4.78, 5) is 41.7. The largest absolute Gasteiger partial charge is 0.481 e. The zero-order chi connectivity index (χ0) is 20.5. The number of carbonyl (C=O) groups excluding carboxylic acids is 2. The molecule has 2 bridgehead atoms. The summed E-state index contributed by atoms with van der Waals surface area (Å²) in [6.45, 7) is 1.95. The van der Waals surface area contributed by atoms with Crippen molar-refractivity contribution in [3.05, 3.63) is 47.4 Å². The molecule has 2 aliphatic rings. The minimum atomic E-state index is -0.960. The van der Waals surface area contributed by atoms with Crippen LogP contribution < -0.4 is 5.32 Å². The molecule has 29 heavy (non-hydrogen) atoms. The lowest BCUT2D eigenvalue weighted by Crippen LogP contribution is -2.36. The van der Waals surface area contributed by atoms with Gasteiger partial charge in [0.05, 0.1) is 24.1 Å². The van der Waals surface area contributed by atoms with Crippen LogP contribution in [0.3, 0.4) is 0 Å². The number of carboxylic acids is 1. The van der Waals surface area contributed by atoms with E-state index in [2.05, 4.69) is 10.3 Å². The number of nitrogens with one attached hydrogen (secondary N) is 1. The Balaban J connectivity index is 1.62. The molecule has 0 aliphatic heterocycles. The fraction of sp³-hybridized carbons (Fsp3) is 0.333. The Morgan fingerprint density at radius 1 is 1.17 bits per heavy atom. The fourth-order valence-electron chi connectivity index (χ4n) is 4.21. The number of nitrogens with zero attached hydrogens (tertiary/aromatic N) is 1. The maximum atomic E-state index is 12.9. The highest BCUT2D eigenvalue weighted by atomic mass is 32.1. The number of ether oxygens (including phenoxy) is 1. The Morgan fingerprint density at radius 3 is 2.52 bits per heavy atom. The van der Waals surface area contributed by atoms with Crippen molar-refractivity contribution in [3.63, 3.8) is 0 Å². The van der Waals surface area contributed by atoms with E-state index in [0.717, 1.165) is 16.9 Å². The number of amides is 1. The number of anilines is 1. The monoisotopic (exact) mass is 412 g/mol. The molecule has 1 saturated carbocycles. The minimum Gasteiger partial charge on any atom is -0.481 e. The number of hydrogen-bond acceptors (Lipinski definition) is 6. The second-order valence-electron chi connectivity index (χ2n) is 7.11. The Morgan fingerprint density at radius 2 is 1.86 bits per heavy atom. The Kier molecular flexibility index (Phi) is 5.19. The molecule has 1 heterocycles. The van der Waals surface area contributed by atoms with E-state index >= 15 is 0 Å². The molecule has 150 valence electrons. The molecule has 2 aromatic rings. The van der Waals surface area contributed by atoms with Gasteiger partial charge in [-0.15, -0.1) is 0 Å². The number of carboxylic acid groups (broad SMARTS) is 1. The van der Waals surface area contributed by atoms with Crippen LogP contribution in [0.1, 0.15) is 23.0 Å². The fourth-order valence-corrected chi connectivity index (χ4v) is 5.09. The van der Waals surface area contributed by atoms with Crippen molar-refractivity contribution < 1.29 is 24.2 Å². The summed E-state index contributed by atoms with van der Waals surface area (Å²) in [6, 6.07) is 9.17. The Labute approximate surface area is 171 Å². The zero-order valence-corrected chi connectivity index (χ0v) is 16.5. The number of benzene rings is 1. The number of thiazole rings is 1. The minimum absolute atomic E-state index is 0.0841. The highest BCUT2D eigenvalue weighted by Crippen LogP contribution is 2.48. The third-order valence-corrected chi connectivity index (χ3v) is 6.36. The molecule has 7 nitrogen and oxygen atoms in total. The summed E-state index contributed by atoms with van der Waals surface area (Å²) in [6.07, 6.45) is 4.49. The molecule has 0 unspecified atom stereocenters. The first-order valence-electron chi connectivity index (χ1n) is 9.45. The van der Waals surface area contributed by atoms with Gasteiger partial charge in [0.15, 0.2) is 5.13 Å². The van der Waals surface area contributed by atoms with Gasteiger partial charge in [-0.05, 0) is 25.2 Å². The predicted octanol–water partition coefficient (Wildman–Crippen LogP) is 3.45. The van der Waals surface area contributed by atoms with Crippen LogP contribution in [0, 0.1) is 23.7 Å². The third kappa shape index (κ3) is 3.55. The van der Waals surface area contributed by atoms with Crippen LogP contribution in [0.25, 0.3) is 11.3 Å². The summed E-state index contributed by atoms with van der Waals surface area (Å²) in [5, 5.41) is 12.6. The number of allylic oxidation sites excluding steroid dienone is 2. The first-order valence-corrected chi connectivity index (χ1v) is 10.3. The highest BCUT2D eigenvalue weighted by molar-refractivity contribution is 7.18. The molecule has 1 amide bonds. The number of aromatic nitrogens is 1. The van der Waals surface area contributed by atoms with Crippen molar-refractivity contribution in [2.45, 2.75) is 13.3 Å². The summed E-state index contributed by atoms with van der Waals surface area (Å²) in [5.41, 5.74) is 1.17. The summed E-state index contributed by atoms with van der Waals surface area (Å²) in [7, 11) is 0. The van der Waals surface area contributed by atoms with Gasteiger partial charge in [-0.25, -0.2) is 9.78 Å². The second kappa shape index (κ2) is 7.79. The summed E-state index contributed by atoms with van der Waals surface area (Å²) >= 11 is 1.04. The number of hydrogen-bond donors (Lipinski definition) is 2. The van der Waals surface area contributed by atoms with E-state index in [1.807, 2.05) is 42.5 Å². The summed E-state index contributed by atoms with van der Waals surface area (Å²) < 4.78 is 5.13. The predicted molar refractivity (Wildman–Crippen MR) is 107 cm³/mol. The number of carbonyl (C=O) groups is 3. The SMILES string of the molecule is CCOC(=O)c1sc(NC(=O)[C@@H]2[C@@H](C(=O)O)[C@H]3C=C[C@@H]2C3)nc1-c1ccccc1. The second-order valence-corrected chi connectivity index (χ2v) is 8.11. The van der Waals surface area contributed by atoms with E-state index in [-0.39, 0.29) is 29.5 Å². The number of esters is 1. The van der Waals surface area contributed by atoms with Gasteiger partial charge in [-0.1, -0.05) is 53.8 Å². The average Bonchev–Trinajstić information content (AvgIpc) is 3.43. The lowest BCUT2D eigenvalue weighted by molar-refractivity contribution is -0.146. The van der Waals surface area contributed by atoms with Crippen LogP contribution >= 0.6 is 11.3 Å². The maximum Gasteiger partial charge on any atom is 0.350 e. The van der Waals surface area contributed by atoms with Crippen molar-refractivity contribution >= 4 is 34.3 Å². The molecule has 2 aliphatic carbocycles. The van der Waals surface area contributed by atoms with Crippen LogP contribution in [0.5, 0.6) is 0 Å².